The Morgan fingerprint density at radius 1 is 1.15 bits per heavy atom. The molecule has 0 aliphatic rings. The average Bonchev–Trinajstić information content (AvgIpc) is 3.37. The number of anilines is 1. The quantitative estimate of drug-likeness (QED) is 0.445. The number of fused-ring (bicyclic) bond motifs is 1. The van der Waals surface area contributed by atoms with Crippen molar-refractivity contribution in [3.8, 4) is 11.3 Å². The molecule has 0 aliphatic heterocycles. The summed E-state index contributed by atoms with van der Waals surface area (Å²) in [5.41, 5.74) is 0.913. The highest BCUT2D eigenvalue weighted by Gasteiger charge is 2.20. The van der Waals surface area contributed by atoms with E-state index in [0.717, 1.165) is 20.7 Å². The summed E-state index contributed by atoms with van der Waals surface area (Å²) in [7, 11) is 2.91. The molecule has 0 atom stereocenters. The molecule has 1 N–H and O–H groups in total. The number of imidazole rings is 1. The van der Waals surface area contributed by atoms with Crippen molar-refractivity contribution in [3.05, 3.63) is 60.3 Å². The van der Waals surface area contributed by atoms with Gasteiger partial charge in [0, 0.05) is 24.5 Å². The van der Waals surface area contributed by atoms with Gasteiger partial charge in [-0.25, -0.2) is 14.8 Å². The van der Waals surface area contributed by atoms with Gasteiger partial charge in [-0.15, -0.1) is 11.3 Å². The molecule has 33 heavy (non-hydrogen) atoms. The molecule has 4 rings (SSSR count). The maximum absolute atomic E-state index is 12.8. The first-order chi connectivity index (χ1) is 15.6. The zero-order chi connectivity index (χ0) is 24.0. The van der Waals surface area contributed by atoms with E-state index in [1.165, 1.54) is 40.9 Å². The van der Waals surface area contributed by atoms with Crippen LogP contribution in [0.3, 0.4) is 0 Å². The minimum atomic E-state index is -0.517. The summed E-state index contributed by atoms with van der Waals surface area (Å²) in [6.45, 7) is 3.91. The number of carbonyl (C=O) groups is 1. The summed E-state index contributed by atoms with van der Waals surface area (Å²) >= 11 is 13.6. The van der Waals surface area contributed by atoms with Crippen LogP contribution in [-0.2, 0) is 25.4 Å². The van der Waals surface area contributed by atoms with Crippen LogP contribution < -0.4 is 16.6 Å². The van der Waals surface area contributed by atoms with Crippen molar-refractivity contribution in [3.63, 3.8) is 0 Å². The van der Waals surface area contributed by atoms with Crippen LogP contribution in [0, 0.1) is 0 Å². The number of benzene rings is 1. The van der Waals surface area contributed by atoms with Gasteiger partial charge in [0.25, 0.3) is 5.56 Å². The van der Waals surface area contributed by atoms with Crippen LogP contribution in [0.1, 0.15) is 24.6 Å². The number of carbonyl (C=O) groups excluding carboxylic acids is 1. The van der Waals surface area contributed by atoms with Crippen molar-refractivity contribution in [1.29, 1.82) is 0 Å². The van der Waals surface area contributed by atoms with E-state index in [2.05, 4.69) is 15.3 Å². The number of rotatable bonds is 5. The van der Waals surface area contributed by atoms with Crippen molar-refractivity contribution in [2.75, 3.05) is 5.32 Å². The number of halogens is 2. The lowest BCUT2D eigenvalue weighted by molar-refractivity contribution is -0.116. The summed E-state index contributed by atoms with van der Waals surface area (Å²) in [5, 5.41) is 4.10. The van der Waals surface area contributed by atoms with E-state index in [9.17, 15) is 14.4 Å². The predicted molar refractivity (Wildman–Crippen MR) is 131 cm³/mol. The third-order valence-corrected chi connectivity index (χ3v) is 7.16. The van der Waals surface area contributed by atoms with Crippen LogP contribution >= 0.6 is 34.5 Å². The lowest BCUT2D eigenvalue weighted by Crippen LogP contribution is -2.37. The predicted octanol–water partition coefficient (Wildman–Crippen LogP) is 3.63. The van der Waals surface area contributed by atoms with E-state index in [1.807, 2.05) is 19.9 Å². The van der Waals surface area contributed by atoms with Crippen LogP contribution in [0.25, 0.3) is 22.4 Å². The Labute approximate surface area is 202 Å². The number of thiazole rings is 1. The van der Waals surface area contributed by atoms with Gasteiger partial charge in [0.05, 0.1) is 22.1 Å². The number of nitrogens with zero attached hydrogens (tertiary/aromatic N) is 5. The number of aryl methyl sites for hydroxylation is 1. The molecule has 1 amide bonds. The van der Waals surface area contributed by atoms with Gasteiger partial charge in [0.2, 0.25) is 5.91 Å². The topological polar surface area (TPSA) is 104 Å². The van der Waals surface area contributed by atoms with Gasteiger partial charge < -0.3 is 9.88 Å². The zero-order valence-corrected chi connectivity index (χ0v) is 20.5. The summed E-state index contributed by atoms with van der Waals surface area (Å²) in [5.74, 6) is -0.213. The molecule has 4 aromatic rings. The monoisotopic (exact) mass is 506 g/mol. The van der Waals surface area contributed by atoms with Crippen molar-refractivity contribution in [2.24, 2.45) is 14.1 Å². The Morgan fingerprint density at radius 3 is 2.55 bits per heavy atom. The number of aromatic nitrogens is 5. The molecular formula is C21H20Cl2N6O3S. The smallest absolute Gasteiger partial charge is 0.315 e. The molecule has 0 unspecified atom stereocenters. The van der Waals surface area contributed by atoms with Crippen LogP contribution in [0.5, 0.6) is 0 Å². The zero-order valence-electron chi connectivity index (χ0n) is 18.2. The van der Waals surface area contributed by atoms with E-state index in [-0.39, 0.29) is 29.5 Å². The second kappa shape index (κ2) is 8.77. The Balaban J connectivity index is 1.64. The molecule has 0 saturated heterocycles. The molecule has 172 valence electrons. The Kier molecular flexibility index (Phi) is 6.17. The summed E-state index contributed by atoms with van der Waals surface area (Å²) < 4.78 is 3.67. The third-order valence-electron chi connectivity index (χ3n) is 5.15. The second-order valence-electron chi connectivity index (χ2n) is 7.81. The molecule has 12 heteroatoms. The number of nitrogens with one attached hydrogen (secondary N) is 1. The van der Waals surface area contributed by atoms with Gasteiger partial charge >= 0.3 is 5.69 Å². The Bertz CT molecular complexity index is 1510. The number of hydrogen-bond donors (Lipinski definition) is 1. The summed E-state index contributed by atoms with van der Waals surface area (Å²) in [6, 6.07) is 5.28. The van der Waals surface area contributed by atoms with Gasteiger partial charge in [0.15, 0.2) is 16.3 Å². The van der Waals surface area contributed by atoms with Gasteiger partial charge in [-0.2, -0.15) is 0 Å². The fraction of sp³-hybridized carbons (Fsp3) is 0.286. The lowest BCUT2D eigenvalue weighted by Gasteiger charge is -2.06. The van der Waals surface area contributed by atoms with Crippen LogP contribution in [0.4, 0.5) is 5.13 Å². The van der Waals surface area contributed by atoms with Crippen molar-refractivity contribution in [1.82, 2.24) is 23.7 Å². The van der Waals surface area contributed by atoms with E-state index in [0.29, 0.717) is 15.2 Å². The largest absolute Gasteiger partial charge is 0.332 e. The highest BCUT2D eigenvalue weighted by molar-refractivity contribution is 7.16. The first-order valence-corrected chi connectivity index (χ1v) is 11.5. The molecule has 0 fully saturated rings. The van der Waals surface area contributed by atoms with Gasteiger partial charge in [-0.3, -0.25) is 18.7 Å². The second-order valence-corrected chi connectivity index (χ2v) is 9.66. The fourth-order valence-electron chi connectivity index (χ4n) is 3.46. The maximum atomic E-state index is 12.8. The van der Waals surface area contributed by atoms with E-state index in [1.54, 1.807) is 12.1 Å². The Morgan fingerprint density at radius 2 is 1.88 bits per heavy atom. The van der Waals surface area contributed by atoms with Crippen molar-refractivity contribution in [2.45, 2.75) is 26.3 Å². The molecule has 9 nitrogen and oxygen atoms in total. The number of amides is 1. The molecule has 0 aliphatic carbocycles. The first kappa shape index (κ1) is 23.2. The Hall–Kier alpha value is -2.95. The molecular weight excluding hydrogens is 487 g/mol. The van der Waals surface area contributed by atoms with Crippen LogP contribution in [0.15, 0.2) is 34.1 Å². The highest BCUT2D eigenvalue weighted by atomic mass is 35.5. The molecule has 0 radical (unpaired) electrons. The van der Waals surface area contributed by atoms with E-state index >= 15 is 0 Å². The van der Waals surface area contributed by atoms with Crippen molar-refractivity contribution < 1.29 is 4.79 Å². The van der Waals surface area contributed by atoms with Crippen LogP contribution in [0.2, 0.25) is 10.0 Å². The van der Waals surface area contributed by atoms with E-state index in [4.69, 9.17) is 23.2 Å². The molecule has 1 aromatic carbocycles. The fourth-order valence-corrected chi connectivity index (χ4v) is 4.76. The summed E-state index contributed by atoms with van der Waals surface area (Å²) in [6.07, 6.45) is 1.37. The van der Waals surface area contributed by atoms with Gasteiger partial charge in [-0.05, 0) is 18.1 Å². The van der Waals surface area contributed by atoms with Gasteiger partial charge in [-0.1, -0.05) is 43.1 Å². The third kappa shape index (κ3) is 4.21. The normalized spacial score (nSPS) is 11.5. The highest BCUT2D eigenvalue weighted by Crippen LogP contribution is 2.38. The number of hydrogen-bond acceptors (Lipinski definition) is 6. The molecule has 0 saturated carbocycles. The maximum Gasteiger partial charge on any atom is 0.332 e. The van der Waals surface area contributed by atoms with E-state index < -0.39 is 11.2 Å². The first-order valence-electron chi connectivity index (χ1n) is 9.95. The summed E-state index contributed by atoms with van der Waals surface area (Å²) in [4.78, 5) is 47.2. The average molecular weight is 507 g/mol. The molecule has 3 heterocycles. The lowest BCUT2D eigenvalue weighted by atomic mass is 10.1. The standard InChI is InChI=1S/C21H20Cl2N6O3S/c1-10(2)17-15(11-5-6-12(22)13(23)7-11)26-20(33-17)25-14(30)8-29-9-24-18-16(29)19(31)28(4)21(32)27(18)3/h5-7,9-10H,8H2,1-4H3,(H,25,26,30). The van der Waals surface area contributed by atoms with Crippen molar-refractivity contribution >= 4 is 56.7 Å². The minimum Gasteiger partial charge on any atom is -0.315 e. The minimum absolute atomic E-state index is 0.164. The molecule has 3 aromatic heterocycles. The molecule has 0 bridgehead atoms. The van der Waals surface area contributed by atoms with Gasteiger partial charge in [0.1, 0.15) is 6.54 Å². The molecule has 0 spiro atoms. The SMILES string of the molecule is CC(C)c1sc(NC(=O)Cn2cnc3c2c(=O)n(C)c(=O)n3C)nc1-c1ccc(Cl)c(Cl)c1. The van der Waals surface area contributed by atoms with Crippen LogP contribution in [-0.4, -0.2) is 29.6 Å².